The van der Waals surface area contributed by atoms with Crippen LogP contribution in [0.4, 0.5) is 24.5 Å². The summed E-state index contributed by atoms with van der Waals surface area (Å²) in [4.78, 5) is 50.3. The number of esters is 2. The Kier molecular flexibility index (Phi) is 9.61. The molecular weight excluding hydrogens is 445 g/mol. The van der Waals surface area contributed by atoms with Crippen LogP contribution in [-0.2, 0) is 19.1 Å². The number of nitrogen functional groups attached to an aromatic ring is 1. The van der Waals surface area contributed by atoms with E-state index in [1.807, 2.05) is 0 Å². The fraction of sp³-hybridized carbons (Fsp3) is 0.571. The van der Waals surface area contributed by atoms with Crippen LogP contribution < -0.4 is 16.4 Å². The van der Waals surface area contributed by atoms with Gasteiger partial charge in [-0.05, 0) is 31.6 Å². The van der Waals surface area contributed by atoms with Crippen molar-refractivity contribution in [3.63, 3.8) is 0 Å². The molecule has 0 saturated heterocycles. The highest BCUT2D eigenvalue weighted by molar-refractivity contribution is 6.05. The lowest BCUT2D eigenvalue weighted by Gasteiger charge is -2.20. The summed E-state index contributed by atoms with van der Waals surface area (Å²) < 4.78 is 40.5. The Hall–Kier alpha value is -3.18. The molecule has 2 amide bonds. The molecule has 0 atom stereocenters. The zero-order chi connectivity index (χ0) is 24.4. The number of ether oxygens (including phenoxy) is 1. The molecule has 0 unspecified atom stereocenters. The molecule has 12 heteroatoms. The molecule has 9 nitrogen and oxygen atoms in total. The third-order valence-corrected chi connectivity index (χ3v) is 5.25. The number of rotatable bonds is 9. The average Bonchev–Trinajstić information content (AvgIpc) is 2.75. The van der Waals surface area contributed by atoms with E-state index in [0.29, 0.717) is 31.7 Å². The molecule has 1 saturated carbocycles. The van der Waals surface area contributed by atoms with Gasteiger partial charge in [0.1, 0.15) is 5.56 Å². The molecule has 4 N–H and O–H groups in total. The second-order valence-electron chi connectivity index (χ2n) is 7.89. The SMILES string of the molecule is Nc1c(NC(=O)CCCCNC(=O)CC2CCCCC2)cncc1C(=O)OC(=O)C(F)(F)F. The van der Waals surface area contributed by atoms with E-state index in [4.69, 9.17) is 5.73 Å². The van der Waals surface area contributed by atoms with Gasteiger partial charge in [-0.15, -0.1) is 0 Å². The van der Waals surface area contributed by atoms with Gasteiger partial charge in [0, 0.05) is 25.6 Å². The standard InChI is InChI=1S/C21H27F3N4O5/c22-21(23,24)20(32)33-19(31)14-11-26-12-15(18(14)25)28-16(29)8-4-5-9-27-17(30)10-13-6-2-1-3-7-13/h11-13H,1-10H2,(H2,25,26)(H,27,30)(H,28,29). The maximum absolute atomic E-state index is 12.2. The van der Waals surface area contributed by atoms with E-state index in [0.717, 1.165) is 25.2 Å². The van der Waals surface area contributed by atoms with Crippen molar-refractivity contribution in [3.8, 4) is 0 Å². The highest BCUT2D eigenvalue weighted by atomic mass is 19.4. The Labute approximate surface area is 188 Å². The quantitative estimate of drug-likeness (QED) is 0.285. The summed E-state index contributed by atoms with van der Waals surface area (Å²) in [5.74, 6) is -4.33. The van der Waals surface area contributed by atoms with Crippen LogP contribution in [-0.4, -0.2) is 41.5 Å². The lowest BCUT2D eigenvalue weighted by Crippen LogP contribution is -2.28. The van der Waals surface area contributed by atoms with Crippen molar-refractivity contribution in [2.75, 3.05) is 17.6 Å². The number of halogens is 3. The minimum Gasteiger partial charge on any atom is -0.396 e. The number of unbranched alkanes of at least 4 members (excludes halogenated alkanes) is 1. The number of hydrogen-bond acceptors (Lipinski definition) is 7. The second-order valence-corrected chi connectivity index (χ2v) is 7.89. The highest BCUT2D eigenvalue weighted by Gasteiger charge is 2.42. The minimum atomic E-state index is -5.35. The number of alkyl halides is 3. The molecule has 182 valence electrons. The van der Waals surface area contributed by atoms with Gasteiger partial charge in [0.05, 0.1) is 17.6 Å². The Morgan fingerprint density at radius 3 is 2.42 bits per heavy atom. The fourth-order valence-electron chi connectivity index (χ4n) is 3.51. The van der Waals surface area contributed by atoms with Gasteiger partial charge in [0.2, 0.25) is 11.8 Å². The molecule has 1 aliphatic rings. The summed E-state index contributed by atoms with van der Waals surface area (Å²) in [6, 6.07) is 0. The molecule has 1 heterocycles. The van der Waals surface area contributed by atoms with E-state index in [1.54, 1.807) is 0 Å². The predicted molar refractivity (Wildman–Crippen MR) is 112 cm³/mol. The van der Waals surface area contributed by atoms with Gasteiger partial charge in [0.25, 0.3) is 0 Å². The highest BCUT2D eigenvalue weighted by Crippen LogP contribution is 2.26. The molecule has 2 rings (SSSR count). The normalized spacial score (nSPS) is 14.4. The Bertz CT molecular complexity index is 870. The lowest BCUT2D eigenvalue weighted by atomic mass is 9.87. The van der Waals surface area contributed by atoms with Crippen molar-refractivity contribution in [2.24, 2.45) is 5.92 Å². The predicted octanol–water partition coefficient (Wildman–Crippen LogP) is 3.10. The van der Waals surface area contributed by atoms with Gasteiger partial charge in [0.15, 0.2) is 0 Å². The number of carbonyl (C=O) groups is 4. The van der Waals surface area contributed by atoms with Gasteiger partial charge in [-0.1, -0.05) is 19.3 Å². The number of nitrogens with zero attached hydrogens (tertiary/aromatic N) is 1. The van der Waals surface area contributed by atoms with E-state index < -0.39 is 29.6 Å². The van der Waals surface area contributed by atoms with Crippen LogP contribution in [0, 0.1) is 5.92 Å². The van der Waals surface area contributed by atoms with E-state index >= 15 is 0 Å². The second kappa shape index (κ2) is 12.2. The first-order valence-electron chi connectivity index (χ1n) is 10.7. The monoisotopic (exact) mass is 472 g/mol. The van der Waals surface area contributed by atoms with Gasteiger partial charge in [-0.25, -0.2) is 9.59 Å². The van der Waals surface area contributed by atoms with Crippen LogP contribution in [0.3, 0.4) is 0 Å². The number of amides is 2. The van der Waals surface area contributed by atoms with Crippen LogP contribution in [0.2, 0.25) is 0 Å². The fourth-order valence-corrected chi connectivity index (χ4v) is 3.51. The van der Waals surface area contributed by atoms with Crippen molar-refractivity contribution in [3.05, 3.63) is 18.0 Å². The van der Waals surface area contributed by atoms with Crippen LogP contribution in [0.1, 0.15) is 68.1 Å². The van der Waals surface area contributed by atoms with Crippen LogP contribution in [0.25, 0.3) is 0 Å². The van der Waals surface area contributed by atoms with Gasteiger partial charge in [-0.2, -0.15) is 13.2 Å². The first-order valence-corrected chi connectivity index (χ1v) is 10.7. The van der Waals surface area contributed by atoms with Gasteiger partial charge in [-0.3, -0.25) is 14.6 Å². The first-order chi connectivity index (χ1) is 15.6. The third kappa shape index (κ3) is 8.70. The van der Waals surface area contributed by atoms with Gasteiger partial charge < -0.3 is 21.1 Å². The topological polar surface area (TPSA) is 140 Å². The molecule has 0 aromatic carbocycles. The summed E-state index contributed by atoms with van der Waals surface area (Å²) in [7, 11) is 0. The number of aromatic nitrogens is 1. The summed E-state index contributed by atoms with van der Waals surface area (Å²) in [6.07, 6.45) is 3.98. The van der Waals surface area contributed by atoms with Gasteiger partial charge >= 0.3 is 18.1 Å². The number of nitrogens with two attached hydrogens (primary N) is 1. The van der Waals surface area contributed by atoms with E-state index in [-0.39, 0.29) is 23.7 Å². The van der Waals surface area contributed by atoms with E-state index in [1.165, 1.54) is 19.3 Å². The molecule has 1 aromatic heterocycles. The molecule has 0 aliphatic heterocycles. The van der Waals surface area contributed by atoms with Crippen molar-refractivity contribution < 1.29 is 37.1 Å². The van der Waals surface area contributed by atoms with Crippen molar-refractivity contribution in [2.45, 2.75) is 64.0 Å². The first kappa shape index (κ1) is 26.1. The van der Waals surface area contributed by atoms with Crippen molar-refractivity contribution >= 4 is 35.1 Å². The zero-order valence-electron chi connectivity index (χ0n) is 18.0. The lowest BCUT2D eigenvalue weighted by molar-refractivity contribution is -0.193. The smallest absolute Gasteiger partial charge is 0.396 e. The Morgan fingerprint density at radius 2 is 1.76 bits per heavy atom. The summed E-state index contributed by atoms with van der Waals surface area (Å²) in [5.41, 5.74) is 4.63. The van der Waals surface area contributed by atoms with Crippen LogP contribution in [0.15, 0.2) is 12.4 Å². The van der Waals surface area contributed by atoms with Crippen LogP contribution in [0.5, 0.6) is 0 Å². The number of pyridine rings is 1. The minimum absolute atomic E-state index is 0.0119. The molecular formula is C21H27F3N4O5. The molecule has 1 aliphatic carbocycles. The molecule has 33 heavy (non-hydrogen) atoms. The summed E-state index contributed by atoms with van der Waals surface area (Å²) >= 11 is 0. The maximum atomic E-state index is 12.2. The number of nitrogens with one attached hydrogen (secondary N) is 2. The van der Waals surface area contributed by atoms with E-state index in [9.17, 15) is 32.3 Å². The average molecular weight is 472 g/mol. The Balaban J connectivity index is 1.74. The largest absolute Gasteiger partial charge is 0.491 e. The number of hydrogen-bond donors (Lipinski definition) is 3. The summed E-state index contributed by atoms with van der Waals surface area (Å²) in [6.45, 7) is 0.442. The van der Waals surface area contributed by atoms with E-state index in [2.05, 4.69) is 20.4 Å². The maximum Gasteiger partial charge on any atom is 0.491 e. The molecule has 0 spiro atoms. The number of carbonyl (C=O) groups excluding carboxylic acids is 4. The zero-order valence-corrected chi connectivity index (χ0v) is 18.0. The third-order valence-electron chi connectivity index (χ3n) is 5.25. The molecule has 0 radical (unpaired) electrons. The molecule has 1 aromatic rings. The summed E-state index contributed by atoms with van der Waals surface area (Å²) in [5, 5.41) is 5.26. The molecule has 0 bridgehead atoms. The Morgan fingerprint density at radius 1 is 1.06 bits per heavy atom. The van der Waals surface area contributed by atoms with Crippen molar-refractivity contribution in [1.29, 1.82) is 0 Å². The number of anilines is 2. The van der Waals surface area contributed by atoms with Crippen LogP contribution >= 0.6 is 0 Å². The molecule has 1 fully saturated rings. The van der Waals surface area contributed by atoms with Crippen molar-refractivity contribution in [1.82, 2.24) is 10.3 Å².